The van der Waals surface area contributed by atoms with E-state index in [-0.39, 0.29) is 36.6 Å². The van der Waals surface area contributed by atoms with Gasteiger partial charge >= 0.3 is 21.7 Å². The molecule has 1 aromatic carbocycles. The van der Waals surface area contributed by atoms with Gasteiger partial charge in [-0.05, 0) is 60.0 Å². The first kappa shape index (κ1) is 29.9. The van der Waals surface area contributed by atoms with Crippen molar-refractivity contribution in [3.05, 3.63) is 58.0 Å². The van der Waals surface area contributed by atoms with Gasteiger partial charge in [0.05, 0.1) is 0 Å². The summed E-state index contributed by atoms with van der Waals surface area (Å²) < 4.78 is 0. The molecule has 0 saturated heterocycles. The van der Waals surface area contributed by atoms with E-state index in [4.69, 9.17) is 0 Å². The van der Waals surface area contributed by atoms with Gasteiger partial charge in [0.25, 0.3) is 0 Å². The molecule has 0 bridgehead atoms. The maximum absolute atomic E-state index is 4.16. The zero-order chi connectivity index (χ0) is 18.6. The largest absolute Gasteiger partial charge is 4.00 e. The molecule has 2 aliphatic rings. The van der Waals surface area contributed by atoms with Crippen LogP contribution in [0.5, 0.6) is 0 Å². The fraction of sp³-hybridized carbons (Fsp3) is 0.615. The Morgan fingerprint density at radius 3 is 2.00 bits per heavy atom. The third-order valence-corrected chi connectivity index (χ3v) is 6.96. The Morgan fingerprint density at radius 2 is 1.50 bits per heavy atom. The summed E-state index contributed by atoms with van der Waals surface area (Å²) in [5.41, 5.74) is 4.65. The van der Waals surface area contributed by atoms with Gasteiger partial charge in [-0.25, -0.2) is 0 Å². The second kappa shape index (κ2) is 13.9. The zero-order valence-corrected chi connectivity index (χ0v) is 21.3. The molecule has 3 rings (SSSR count). The van der Waals surface area contributed by atoms with Gasteiger partial charge in [0.1, 0.15) is 0 Å². The number of hydrogen-bond acceptors (Lipinski definition) is 1. The molecule has 158 valence electrons. The van der Waals surface area contributed by atoms with E-state index in [0.717, 1.165) is 42.6 Å². The molecule has 0 amide bonds. The van der Waals surface area contributed by atoms with Crippen molar-refractivity contribution in [2.75, 3.05) is 18.0 Å². The minimum Gasteiger partial charge on any atom is -0.401 e. The molecule has 1 aromatic rings. The molecule has 1 aliphatic carbocycles. The zero-order valence-electron chi connectivity index (χ0n) is 19.7. The molecule has 1 heterocycles. The van der Waals surface area contributed by atoms with E-state index in [0.29, 0.717) is 0 Å². The van der Waals surface area contributed by atoms with Crippen LogP contribution < -0.4 is 4.90 Å². The number of aryl methyl sites for hydroxylation is 1. The third kappa shape index (κ3) is 6.37. The van der Waals surface area contributed by atoms with Gasteiger partial charge in [0, 0.05) is 12.2 Å². The molecular weight excluding hydrogens is 374 g/mol. The van der Waals surface area contributed by atoms with Crippen LogP contribution in [0.3, 0.4) is 0 Å². The van der Waals surface area contributed by atoms with Crippen LogP contribution in [0.25, 0.3) is 0 Å². The average Bonchev–Trinajstić information content (AvgIpc) is 2.80. The molecule has 0 aromatic heterocycles. The van der Waals surface area contributed by atoms with E-state index in [9.17, 15) is 0 Å². The van der Waals surface area contributed by atoms with E-state index in [1.54, 1.807) is 11.1 Å². The van der Waals surface area contributed by atoms with E-state index in [1.807, 2.05) is 6.92 Å². The van der Waals surface area contributed by atoms with Crippen LogP contribution in [0.1, 0.15) is 58.6 Å². The Balaban J connectivity index is 0. The maximum Gasteiger partial charge on any atom is 4.00 e. The minimum atomic E-state index is 0. The van der Waals surface area contributed by atoms with Crippen LogP contribution in [0.2, 0.25) is 0 Å². The molecule has 1 saturated carbocycles. The first-order valence-corrected chi connectivity index (χ1v) is 10.4. The van der Waals surface area contributed by atoms with Crippen molar-refractivity contribution in [1.82, 2.24) is 0 Å². The molecule has 28 heavy (non-hydrogen) atoms. The normalized spacial score (nSPS) is 28.0. The first-order valence-electron chi connectivity index (χ1n) is 10.4. The summed E-state index contributed by atoms with van der Waals surface area (Å²) >= 11 is 0. The van der Waals surface area contributed by atoms with Crippen LogP contribution >= 0.6 is 0 Å². The number of fused-ring (bicyclic) bond motifs is 1. The van der Waals surface area contributed by atoms with Gasteiger partial charge in [-0.3, -0.25) is 0 Å². The SMILES string of the molecule is [CH2-]CC.[CH2-]CN1CCCc2cccc(CC3C(C)C(C)C(C)C3C)c21.[CH3-].[CH3-].[Ti+4]. The molecule has 4 atom stereocenters. The summed E-state index contributed by atoms with van der Waals surface area (Å²) in [4.78, 5) is 2.51. The van der Waals surface area contributed by atoms with E-state index in [1.165, 1.54) is 31.5 Å². The molecule has 0 N–H and O–H groups in total. The van der Waals surface area contributed by atoms with Gasteiger partial charge in [-0.1, -0.05) is 52.8 Å². The number of nitrogens with zero attached hydrogens (tertiary/aromatic N) is 1. The van der Waals surface area contributed by atoms with Crippen molar-refractivity contribution in [2.45, 2.75) is 60.3 Å². The smallest absolute Gasteiger partial charge is 0.401 e. The Labute approximate surface area is 193 Å². The van der Waals surface area contributed by atoms with Crippen molar-refractivity contribution in [1.29, 1.82) is 0 Å². The molecule has 4 unspecified atom stereocenters. The standard InChI is InChI=1S/C21H32N.C3H7.2CH3.Ti/c1-6-22-12-8-11-18-9-7-10-19(21(18)22)13-20-16(4)14(2)15(3)17(20)5;1-3-2;;;/h7,9-10,14-17,20H,1,6,8,11-13H2,2-5H3;1,3H2,2H3;2*1H3;/q4*-1;+4. The summed E-state index contributed by atoms with van der Waals surface area (Å²) in [7, 11) is 0. The number of anilines is 1. The van der Waals surface area contributed by atoms with Gasteiger partial charge in [-0.2, -0.15) is 6.42 Å². The second-order valence-corrected chi connectivity index (χ2v) is 8.32. The summed E-state index contributed by atoms with van der Waals surface area (Å²) in [5.74, 6) is 4.19. The fourth-order valence-electron chi connectivity index (χ4n) is 5.05. The number of benzene rings is 1. The Kier molecular flexibility index (Phi) is 14.8. The Morgan fingerprint density at radius 1 is 0.964 bits per heavy atom. The monoisotopic (exact) mass is 419 g/mol. The number of rotatable bonds is 3. The topological polar surface area (TPSA) is 3.24 Å². The molecule has 0 radical (unpaired) electrons. The van der Waals surface area contributed by atoms with Crippen LogP contribution in [-0.4, -0.2) is 13.1 Å². The van der Waals surface area contributed by atoms with Gasteiger partial charge in [-0.15, -0.1) is 6.54 Å². The molecular formula is C26H45NTi. The maximum atomic E-state index is 4.16. The van der Waals surface area contributed by atoms with Crippen LogP contribution in [0.4, 0.5) is 5.69 Å². The summed E-state index contributed by atoms with van der Waals surface area (Å²) in [6.45, 7) is 21.6. The molecule has 0 spiro atoms. The molecule has 1 nitrogen and oxygen atoms in total. The van der Waals surface area contributed by atoms with E-state index >= 15 is 0 Å². The summed E-state index contributed by atoms with van der Waals surface area (Å²) in [5, 5.41) is 0. The number of para-hydroxylation sites is 1. The first-order chi connectivity index (χ1) is 12.0. The minimum absolute atomic E-state index is 0. The van der Waals surface area contributed by atoms with Crippen LogP contribution in [0, 0.1) is 58.3 Å². The predicted molar refractivity (Wildman–Crippen MR) is 125 cm³/mol. The van der Waals surface area contributed by atoms with Crippen molar-refractivity contribution in [2.24, 2.45) is 29.6 Å². The van der Waals surface area contributed by atoms with Gasteiger partial charge in [0.15, 0.2) is 0 Å². The summed E-state index contributed by atoms with van der Waals surface area (Å²) in [6.07, 6.45) is 4.76. The van der Waals surface area contributed by atoms with Crippen molar-refractivity contribution < 1.29 is 21.7 Å². The summed E-state index contributed by atoms with van der Waals surface area (Å²) in [6, 6.07) is 6.98. The molecule has 2 heteroatoms. The van der Waals surface area contributed by atoms with E-state index < -0.39 is 0 Å². The van der Waals surface area contributed by atoms with E-state index in [2.05, 4.69) is 64.6 Å². The van der Waals surface area contributed by atoms with Crippen molar-refractivity contribution in [3.63, 3.8) is 0 Å². The van der Waals surface area contributed by atoms with Crippen LogP contribution in [-0.2, 0) is 34.6 Å². The average molecular weight is 420 g/mol. The number of hydrogen-bond donors (Lipinski definition) is 0. The van der Waals surface area contributed by atoms with Crippen LogP contribution in [0.15, 0.2) is 18.2 Å². The quantitative estimate of drug-likeness (QED) is 0.372. The third-order valence-electron chi connectivity index (χ3n) is 6.96. The van der Waals surface area contributed by atoms with Crippen molar-refractivity contribution in [3.8, 4) is 0 Å². The Hall–Kier alpha value is -0.266. The fourth-order valence-corrected chi connectivity index (χ4v) is 5.05. The van der Waals surface area contributed by atoms with Gasteiger partial charge in [0.2, 0.25) is 0 Å². The molecule has 1 fully saturated rings. The Bertz CT molecular complexity index is 527. The second-order valence-electron chi connectivity index (χ2n) is 8.32. The van der Waals surface area contributed by atoms with Crippen molar-refractivity contribution >= 4 is 5.69 Å². The molecule has 1 aliphatic heterocycles. The predicted octanol–water partition coefficient (Wildman–Crippen LogP) is 7.12. The van der Waals surface area contributed by atoms with Gasteiger partial charge < -0.3 is 33.6 Å².